The molecule has 0 bridgehead atoms. The fourth-order valence-electron chi connectivity index (χ4n) is 1.72. The molecule has 0 saturated carbocycles. The molecule has 3 heteroatoms. The fraction of sp³-hybridized carbons (Fsp3) is 0.467. The zero-order chi connectivity index (χ0) is 13.4. The molecule has 0 fully saturated rings. The van der Waals surface area contributed by atoms with Gasteiger partial charge in [-0.2, -0.15) is 0 Å². The minimum Gasteiger partial charge on any atom is -0.497 e. The van der Waals surface area contributed by atoms with Crippen molar-refractivity contribution in [3.63, 3.8) is 0 Å². The summed E-state index contributed by atoms with van der Waals surface area (Å²) < 4.78 is 10.6. The zero-order valence-electron chi connectivity index (χ0n) is 11.7. The van der Waals surface area contributed by atoms with Crippen molar-refractivity contribution in [1.29, 1.82) is 0 Å². The average molecular weight is 249 g/mol. The molecule has 0 aromatic heterocycles. The van der Waals surface area contributed by atoms with E-state index in [2.05, 4.69) is 25.2 Å². The van der Waals surface area contributed by atoms with Gasteiger partial charge in [0.1, 0.15) is 11.5 Å². The third-order valence-corrected chi connectivity index (χ3v) is 2.86. The van der Waals surface area contributed by atoms with Crippen LogP contribution in [0.3, 0.4) is 0 Å². The molecule has 1 rings (SSSR count). The van der Waals surface area contributed by atoms with E-state index in [9.17, 15) is 0 Å². The maximum absolute atomic E-state index is 5.39. The molecule has 1 aromatic carbocycles. The molecule has 18 heavy (non-hydrogen) atoms. The van der Waals surface area contributed by atoms with Crippen molar-refractivity contribution >= 4 is 6.08 Å². The lowest BCUT2D eigenvalue weighted by molar-refractivity contribution is 0.393. The lowest BCUT2D eigenvalue weighted by atomic mass is 10.1. The van der Waals surface area contributed by atoms with Crippen molar-refractivity contribution in [1.82, 2.24) is 5.32 Å². The molecule has 3 nitrogen and oxygen atoms in total. The second kappa shape index (κ2) is 7.77. The molecule has 0 aliphatic heterocycles. The second-order valence-electron chi connectivity index (χ2n) is 4.04. The van der Waals surface area contributed by atoms with E-state index in [1.807, 2.05) is 18.2 Å². The maximum atomic E-state index is 5.39. The molecule has 0 amide bonds. The van der Waals surface area contributed by atoms with Crippen LogP contribution in [0.2, 0.25) is 0 Å². The van der Waals surface area contributed by atoms with Gasteiger partial charge in [0, 0.05) is 18.2 Å². The van der Waals surface area contributed by atoms with Crippen molar-refractivity contribution in [2.24, 2.45) is 0 Å². The van der Waals surface area contributed by atoms with E-state index in [0.29, 0.717) is 0 Å². The maximum Gasteiger partial charge on any atom is 0.129 e. The third kappa shape index (κ3) is 4.08. The van der Waals surface area contributed by atoms with Crippen molar-refractivity contribution in [2.75, 3.05) is 27.3 Å². The zero-order valence-corrected chi connectivity index (χ0v) is 11.7. The molecule has 0 saturated heterocycles. The number of hydrogen-bond acceptors (Lipinski definition) is 3. The van der Waals surface area contributed by atoms with Gasteiger partial charge in [-0.1, -0.05) is 25.5 Å². The molecule has 0 aliphatic rings. The molecule has 0 radical (unpaired) electrons. The number of nitrogens with one attached hydrogen (secondary N) is 1. The Hall–Kier alpha value is -1.48. The Labute approximate surface area is 110 Å². The Balaban J connectivity index is 2.96. The number of methoxy groups -OCH3 is 2. The summed E-state index contributed by atoms with van der Waals surface area (Å²) in [5.41, 5.74) is 2.45. The number of ether oxygens (including phenoxy) is 2. The quantitative estimate of drug-likeness (QED) is 0.805. The van der Waals surface area contributed by atoms with Crippen LogP contribution in [0, 0.1) is 0 Å². The minimum absolute atomic E-state index is 0.814. The minimum atomic E-state index is 0.814. The highest BCUT2D eigenvalue weighted by Gasteiger charge is 2.04. The van der Waals surface area contributed by atoms with Crippen molar-refractivity contribution in [2.45, 2.75) is 20.3 Å². The molecule has 100 valence electrons. The van der Waals surface area contributed by atoms with Gasteiger partial charge in [-0.05, 0) is 25.1 Å². The van der Waals surface area contributed by atoms with Crippen molar-refractivity contribution in [3.05, 3.63) is 29.3 Å². The van der Waals surface area contributed by atoms with Gasteiger partial charge in [0.25, 0.3) is 0 Å². The predicted molar refractivity (Wildman–Crippen MR) is 76.4 cm³/mol. The van der Waals surface area contributed by atoms with Gasteiger partial charge < -0.3 is 14.8 Å². The Kier molecular flexibility index (Phi) is 6.29. The van der Waals surface area contributed by atoms with E-state index >= 15 is 0 Å². The van der Waals surface area contributed by atoms with Gasteiger partial charge in [-0.25, -0.2) is 0 Å². The van der Waals surface area contributed by atoms with E-state index in [-0.39, 0.29) is 0 Å². The van der Waals surface area contributed by atoms with Crippen molar-refractivity contribution in [3.8, 4) is 11.5 Å². The second-order valence-corrected chi connectivity index (χ2v) is 4.04. The van der Waals surface area contributed by atoms with Crippen LogP contribution in [0.4, 0.5) is 0 Å². The fourth-order valence-corrected chi connectivity index (χ4v) is 1.72. The topological polar surface area (TPSA) is 30.5 Å². The van der Waals surface area contributed by atoms with Gasteiger partial charge >= 0.3 is 0 Å². The number of hydrogen-bond donors (Lipinski definition) is 1. The first kappa shape index (κ1) is 14.6. The SMILES string of the molecule is CCNCC(=Cc1ccc(OC)cc1OC)CC. The molecule has 0 heterocycles. The predicted octanol–water partition coefficient (Wildman–Crippen LogP) is 3.11. The Morgan fingerprint density at radius 2 is 2.00 bits per heavy atom. The highest BCUT2D eigenvalue weighted by atomic mass is 16.5. The van der Waals surface area contributed by atoms with Gasteiger partial charge in [-0.15, -0.1) is 0 Å². The summed E-state index contributed by atoms with van der Waals surface area (Å²) in [6, 6.07) is 5.89. The molecule has 0 unspecified atom stereocenters. The van der Waals surface area contributed by atoms with E-state index < -0.39 is 0 Å². The summed E-state index contributed by atoms with van der Waals surface area (Å²) in [7, 11) is 3.34. The molecule has 1 N–H and O–H groups in total. The number of likely N-dealkylation sites (N-methyl/N-ethyl adjacent to an activating group) is 1. The molecule has 1 aromatic rings. The third-order valence-electron chi connectivity index (χ3n) is 2.86. The Morgan fingerprint density at radius 1 is 1.22 bits per heavy atom. The Morgan fingerprint density at radius 3 is 2.56 bits per heavy atom. The van der Waals surface area contributed by atoms with Crippen LogP contribution in [0.5, 0.6) is 11.5 Å². The van der Waals surface area contributed by atoms with Crippen molar-refractivity contribution < 1.29 is 9.47 Å². The average Bonchev–Trinajstić information content (AvgIpc) is 2.43. The highest BCUT2D eigenvalue weighted by Crippen LogP contribution is 2.26. The van der Waals surface area contributed by atoms with Crippen LogP contribution in [-0.2, 0) is 0 Å². The summed E-state index contributed by atoms with van der Waals surface area (Å²) in [4.78, 5) is 0. The number of rotatable bonds is 7. The highest BCUT2D eigenvalue weighted by molar-refractivity contribution is 5.61. The van der Waals surface area contributed by atoms with Crippen LogP contribution in [0.1, 0.15) is 25.8 Å². The van der Waals surface area contributed by atoms with Crippen LogP contribution in [-0.4, -0.2) is 27.3 Å². The van der Waals surface area contributed by atoms with Gasteiger partial charge in [-0.3, -0.25) is 0 Å². The standard InChI is InChI=1S/C15H23NO2/c1-5-12(11-16-6-2)9-13-7-8-14(17-3)10-15(13)18-4/h7-10,16H,5-6,11H2,1-4H3. The molecule has 0 spiro atoms. The molecular weight excluding hydrogens is 226 g/mol. The first-order valence-electron chi connectivity index (χ1n) is 6.37. The van der Waals surface area contributed by atoms with E-state index in [1.165, 1.54) is 5.57 Å². The largest absolute Gasteiger partial charge is 0.497 e. The van der Waals surface area contributed by atoms with E-state index in [1.54, 1.807) is 14.2 Å². The van der Waals surface area contributed by atoms with Crippen LogP contribution < -0.4 is 14.8 Å². The number of benzene rings is 1. The monoisotopic (exact) mass is 249 g/mol. The van der Waals surface area contributed by atoms with E-state index in [0.717, 1.165) is 36.6 Å². The lowest BCUT2D eigenvalue weighted by Crippen LogP contribution is -2.15. The summed E-state index contributed by atoms with van der Waals surface area (Å²) in [5, 5.41) is 3.35. The molecule has 0 atom stereocenters. The smallest absolute Gasteiger partial charge is 0.129 e. The van der Waals surface area contributed by atoms with Gasteiger partial charge in [0.05, 0.1) is 14.2 Å². The summed E-state index contributed by atoms with van der Waals surface area (Å²) >= 11 is 0. The van der Waals surface area contributed by atoms with E-state index in [4.69, 9.17) is 9.47 Å². The normalized spacial score (nSPS) is 11.4. The molecular formula is C15H23NO2. The van der Waals surface area contributed by atoms with Gasteiger partial charge in [0.15, 0.2) is 0 Å². The Bertz CT molecular complexity index is 399. The first-order valence-corrected chi connectivity index (χ1v) is 6.37. The first-order chi connectivity index (χ1) is 8.74. The summed E-state index contributed by atoms with van der Waals surface area (Å²) in [5.74, 6) is 1.66. The lowest BCUT2D eigenvalue weighted by Gasteiger charge is -2.10. The molecule has 0 aliphatic carbocycles. The van der Waals surface area contributed by atoms with Crippen LogP contribution in [0.25, 0.3) is 6.08 Å². The van der Waals surface area contributed by atoms with Gasteiger partial charge in [0.2, 0.25) is 0 Å². The summed E-state index contributed by atoms with van der Waals surface area (Å²) in [6.07, 6.45) is 3.21. The summed E-state index contributed by atoms with van der Waals surface area (Å²) in [6.45, 7) is 6.18. The van der Waals surface area contributed by atoms with Crippen LogP contribution >= 0.6 is 0 Å². The van der Waals surface area contributed by atoms with Crippen LogP contribution in [0.15, 0.2) is 23.8 Å².